The number of hydrogen-bond donors (Lipinski definition) is 2. The fourth-order valence-electron chi connectivity index (χ4n) is 3.64. The summed E-state index contributed by atoms with van der Waals surface area (Å²) in [4.78, 5) is 20.7. The first-order valence-electron chi connectivity index (χ1n) is 10.3. The van der Waals surface area contributed by atoms with Crippen LogP contribution in [0.1, 0.15) is 31.4 Å². The van der Waals surface area contributed by atoms with Crippen molar-refractivity contribution < 1.29 is 29.3 Å². The summed E-state index contributed by atoms with van der Waals surface area (Å²) in [6, 6.07) is 6.29. The maximum atomic E-state index is 9.10. The molecule has 2 N–H and O–H groups in total. The van der Waals surface area contributed by atoms with Crippen LogP contribution in [-0.2, 0) is 20.7 Å². The molecule has 7 heteroatoms. The quantitative estimate of drug-likeness (QED) is 0.359. The predicted octanol–water partition coefficient (Wildman–Crippen LogP) is 3.25. The van der Waals surface area contributed by atoms with E-state index in [1.54, 1.807) is 0 Å². The summed E-state index contributed by atoms with van der Waals surface area (Å²) < 4.78 is 11.6. The highest BCUT2D eigenvalue weighted by Crippen LogP contribution is 2.21. The molecule has 2 rings (SSSR count). The van der Waals surface area contributed by atoms with Crippen molar-refractivity contribution in [1.29, 1.82) is 0 Å². The second-order valence-corrected chi connectivity index (χ2v) is 7.88. The first kappa shape index (κ1) is 25.7. The van der Waals surface area contributed by atoms with E-state index in [0.29, 0.717) is 13.2 Å². The lowest BCUT2D eigenvalue weighted by Gasteiger charge is -2.34. The van der Waals surface area contributed by atoms with Crippen LogP contribution < -0.4 is 4.74 Å². The Morgan fingerprint density at radius 1 is 1.13 bits per heavy atom. The minimum absolute atomic E-state index is 0.597. The molecule has 2 unspecified atom stereocenters. The standard InChI is InChI=1S/C21H33NO2.C2H2O4/c1-5-6-20-14-17(2)7-8-21(20)24-12-11-23-10-9-22-15-18(3)13-19(4)16-22;3-1(4)2(5)6/h5,7-8,14,18-19H,1,6,9-13,15-16H2,2-4H3;(H,3,4)(H,5,6). The SMILES string of the molecule is C=CCc1cc(C)ccc1OCCOCCN1CC(C)CC(C)C1.O=C(O)C(=O)O. The third kappa shape index (κ3) is 10.4. The summed E-state index contributed by atoms with van der Waals surface area (Å²) in [5.41, 5.74) is 2.45. The van der Waals surface area contributed by atoms with E-state index in [2.05, 4.69) is 44.4 Å². The Hall–Kier alpha value is -2.38. The summed E-state index contributed by atoms with van der Waals surface area (Å²) in [6.07, 6.45) is 4.11. The van der Waals surface area contributed by atoms with Gasteiger partial charge in [-0.3, -0.25) is 0 Å². The van der Waals surface area contributed by atoms with Crippen LogP contribution in [0, 0.1) is 18.8 Å². The van der Waals surface area contributed by atoms with Crippen LogP contribution in [0.5, 0.6) is 5.75 Å². The molecular formula is C23H35NO6. The fraction of sp³-hybridized carbons (Fsp3) is 0.565. The Morgan fingerprint density at radius 3 is 2.33 bits per heavy atom. The number of piperidine rings is 1. The largest absolute Gasteiger partial charge is 0.491 e. The first-order chi connectivity index (χ1) is 14.2. The predicted molar refractivity (Wildman–Crippen MR) is 116 cm³/mol. The van der Waals surface area contributed by atoms with E-state index >= 15 is 0 Å². The highest BCUT2D eigenvalue weighted by atomic mass is 16.5. The molecule has 7 nitrogen and oxygen atoms in total. The van der Waals surface area contributed by atoms with E-state index in [9.17, 15) is 0 Å². The Bertz CT molecular complexity index is 668. The maximum Gasteiger partial charge on any atom is 0.414 e. The molecular weight excluding hydrogens is 386 g/mol. The molecule has 0 bridgehead atoms. The number of aryl methyl sites for hydroxylation is 1. The lowest BCUT2D eigenvalue weighted by atomic mass is 9.92. The van der Waals surface area contributed by atoms with Gasteiger partial charge in [0.15, 0.2) is 0 Å². The molecule has 1 saturated heterocycles. The monoisotopic (exact) mass is 421 g/mol. The number of allylic oxidation sites excluding steroid dienone is 1. The summed E-state index contributed by atoms with van der Waals surface area (Å²) in [7, 11) is 0. The van der Waals surface area contributed by atoms with Crippen molar-refractivity contribution in [2.45, 2.75) is 33.6 Å². The van der Waals surface area contributed by atoms with Gasteiger partial charge in [-0.2, -0.15) is 0 Å². The van der Waals surface area contributed by atoms with E-state index in [-0.39, 0.29) is 0 Å². The van der Waals surface area contributed by atoms with E-state index in [1.807, 2.05) is 12.1 Å². The molecule has 1 aromatic rings. The van der Waals surface area contributed by atoms with Gasteiger partial charge in [-0.15, -0.1) is 6.58 Å². The van der Waals surface area contributed by atoms with Crippen LogP contribution in [0.25, 0.3) is 0 Å². The number of likely N-dealkylation sites (tertiary alicyclic amines) is 1. The molecule has 1 aliphatic heterocycles. The molecule has 2 atom stereocenters. The third-order valence-electron chi connectivity index (χ3n) is 4.74. The van der Waals surface area contributed by atoms with Crippen LogP contribution in [0.4, 0.5) is 0 Å². The van der Waals surface area contributed by atoms with Crippen LogP contribution >= 0.6 is 0 Å². The smallest absolute Gasteiger partial charge is 0.414 e. The molecule has 1 aromatic carbocycles. The summed E-state index contributed by atoms with van der Waals surface area (Å²) in [6.45, 7) is 16.1. The van der Waals surface area contributed by atoms with Gasteiger partial charge >= 0.3 is 11.9 Å². The average Bonchev–Trinajstić information content (AvgIpc) is 2.66. The number of carboxylic acids is 2. The van der Waals surface area contributed by atoms with Crippen molar-refractivity contribution in [3.05, 3.63) is 42.0 Å². The number of aliphatic carboxylic acids is 2. The summed E-state index contributed by atoms with van der Waals surface area (Å²) >= 11 is 0. The fourth-order valence-corrected chi connectivity index (χ4v) is 3.64. The number of hydrogen-bond acceptors (Lipinski definition) is 5. The molecule has 30 heavy (non-hydrogen) atoms. The Labute approximate surface area is 179 Å². The first-order valence-corrected chi connectivity index (χ1v) is 10.3. The van der Waals surface area contributed by atoms with E-state index in [4.69, 9.17) is 29.3 Å². The summed E-state index contributed by atoms with van der Waals surface area (Å²) in [5.74, 6) is -1.09. The van der Waals surface area contributed by atoms with Crippen molar-refractivity contribution in [2.75, 3.05) is 39.5 Å². The molecule has 1 heterocycles. The Morgan fingerprint density at radius 2 is 1.77 bits per heavy atom. The van der Waals surface area contributed by atoms with Gasteiger partial charge in [0, 0.05) is 19.6 Å². The molecule has 0 saturated carbocycles. The van der Waals surface area contributed by atoms with E-state index < -0.39 is 11.9 Å². The lowest BCUT2D eigenvalue weighted by molar-refractivity contribution is -0.159. The van der Waals surface area contributed by atoms with Gasteiger partial charge in [0.05, 0.1) is 13.2 Å². The molecule has 168 valence electrons. The van der Waals surface area contributed by atoms with Crippen molar-refractivity contribution in [3.8, 4) is 5.75 Å². The van der Waals surface area contributed by atoms with Crippen molar-refractivity contribution >= 4 is 11.9 Å². The van der Waals surface area contributed by atoms with Crippen LogP contribution in [0.15, 0.2) is 30.9 Å². The molecule has 0 spiro atoms. The van der Waals surface area contributed by atoms with Gasteiger partial charge in [-0.25, -0.2) is 9.59 Å². The zero-order valence-electron chi connectivity index (χ0n) is 18.3. The van der Waals surface area contributed by atoms with Gasteiger partial charge in [0.25, 0.3) is 0 Å². The minimum Gasteiger partial charge on any atom is -0.491 e. The molecule has 1 aliphatic rings. The third-order valence-corrected chi connectivity index (χ3v) is 4.74. The lowest BCUT2D eigenvalue weighted by Crippen LogP contribution is -2.40. The van der Waals surface area contributed by atoms with Crippen molar-refractivity contribution in [2.24, 2.45) is 11.8 Å². The number of ether oxygens (including phenoxy) is 2. The molecule has 0 amide bonds. The zero-order valence-corrected chi connectivity index (χ0v) is 18.3. The van der Waals surface area contributed by atoms with Crippen molar-refractivity contribution in [1.82, 2.24) is 4.90 Å². The number of carbonyl (C=O) groups is 2. The number of carboxylic acid groups (broad SMARTS) is 2. The van der Waals surface area contributed by atoms with Crippen molar-refractivity contribution in [3.63, 3.8) is 0 Å². The van der Waals surface area contributed by atoms with Gasteiger partial charge in [0.2, 0.25) is 0 Å². The normalized spacial score (nSPS) is 18.8. The van der Waals surface area contributed by atoms with Gasteiger partial charge in [-0.1, -0.05) is 37.6 Å². The highest BCUT2D eigenvalue weighted by Gasteiger charge is 2.21. The maximum absolute atomic E-state index is 9.10. The van der Waals surface area contributed by atoms with Crippen LogP contribution in [-0.4, -0.2) is 66.5 Å². The van der Waals surface area contributed by atoms with Gasteiger partial charge in [0.1, 0.15) is 12.4 Å². The average molecular weight is 422 g/mol. The topological polar surface area (TPSA) is 96.3 Å². The second kappa shape index (κ2) is 13.8. The molecule has 0 aromatic heterocycles. The summed E-state index contributed by atoms with van der Waals surface area (Å²) in [5, 5.41) is 14.8. The van der Waals surface area contributed by atoms with Gasteiger partial charge in [-0.05, 0) is 43.2 Å². The number of benzene rings is 1. The molecule has 0 radical (unpaired) electrons. The minimum atomic E-state index is -1.82. The Balaban J connectivity index is 0.000000656. The van der Waals surface area contributed by atoms with E-state index in [1.165, 1.54) is 30.6 Å². The van der Waals surface area contributed by atoms with Crippen LogP contribution in [0.2, 0.25) is 0 Å². The zero-order chi connectivity index (χ0) is 22.5. The number of rotatable bonds is 9. The molecule has 1 fully saturated rings. The van der Waals surface area contributed by atoms with E-state index in [0.717, 1.165) is 37.2 Å². The molecule has 0 aliphatic carbocycles. The highest BCUT2D eigenvalue weighted by molar-refractivity contribution is 6.27. The Kier molecular flexibility index (Phi) is 11.8. The van der Waals surface area contributed by atoms with Gasteiger partial charge < -0.3 is 24.6 Å². The van der Waals surface area contributed by atoms with Crippen LogP contribution in [0.3, 0.4) is 0 Å². The second-order valence-electron chi connectivity index (χ2n) is 7.88. The number of nitrogens with zero attached hydrogens (tertiary/aromatic N) is 1.